The highest BCUT2D eigenvalue weighted by molar-refractivity contribution is 7.46. The lowest BCUT2D eigenvalue weighted by molar-refractivity contribution is -0.490. The molecule has 0 spiro atoms. The summed E-state index contributed by atoms with van der Waals surface area (Å²) < 4.78 is 36.3. The van der Waals surface area contributed by atoms with Crippen LogP contribution in [-0.4, -0.2) is 131 Å². The summed E-state index contributed by atoms with van der Waals surface area (Å²) in [6, 6.07) is 0. The van der Waals surface area contributed by atoms with Gasteiger partial charge in [-0.25, -0.2) is 9.09 Å². The predicted octanol–water partition coefficient (Wildman–Crippen LogP) is -5.21. The molecule has 0 aromatic rings. The minimum Gasteiger partial charge on any atom is -0.394 e. The molecule has 0 bridgehead atoms. The molecule has 0 aromatic heterocycles. The molecular formula is C15H29O16P. The lowest BCUT2D eigenvalue weighted by atomic mass is 9.91. The van der Waals surface area contributed by atoms with Crippen LogP contribution in [0.1, 0.15) is 13.3 Å². The van der Waals surface area contributed by atoms with Gasteiger partial charge in [-0.15, -0.1) is 0 Å². The van der Waals surface area contributed by atoms with Gasteiger partial charge in [0, 0.05) is 6.61 Å². The summed E-state index contributed by atoms with van der Waals surface area (Å²) in [5.41, 5.74) is 0. The number of ether oxygens (including phenoxy) is 4. The molecule has 0 aromatic carbocycles. The zero-order valence-electron chi connectivity index (χ0n) is 16.8. The van der Waals surface area contributed by atoms with Gasteiger partial charge in [-0.2, -0.15) is 0 Å². The Morgan fingerprint density at radius 2 is 1.53 bits per heavy atom. The van der Waals surface area contributed by atoms with Crippen LogP contribution in [0.5, 0.6) is 0 Å². The smallest absolute Gasteiger partial charge is 0.394 e. The molecule has 2 saturated heterocycles. The fourth-order valence-electron chi connectivity index (χ4n) is 3.28. The molecule has 0 unspecified atom stereocenters. The van der Waals surface area contributed by atoms with Gasteiger partial charge in [-0.1, -0.05) is 6.92 Å². The standard InChI is InChI=1S/C15H29O16P/c1-2-3-27-13-14(21,22)15(23,31-32(24,25)26)11(7(5-17)29-13)30-12-10(20)9(19)8(18)6(4-16)28-12/h6-13,16-23H,2-5H2,1H3,(H2,24,25,26)/t6-,7-,8+,9+,10-,11+,12+,13+,15-/m1/s1. The van der Waals surface area contributed by atoms with Crippen LogP contribution in [0.4, 0.5) is 0 Å². The van der Waals surface area contributed by atoms with Crippen LogP contribution < -0.4 is 0 Å². The molecule has 10 N–H and O–H groups in total. The molecule has 16 nitrogen and oxygen atoms in total. The highest BCUT2D eigenvalue weighted by Gasteiger charge is 2.70. The molecule has 2 rings (SSSR count). The Morgan fingerprint density at radius 1 is 0.938 bits per heavy atom. The fraction of sp³-hybridized carbons (Fsp3) is 1.00. The van der Waals surface area contributed by atoms with Crippen LogP contribution in [0.15, 0.2) is 0 Å². The van der Waals surface area contributed by atoms with Gasteiger partial charge in [-0.3, -0.25) is 0 Å². The van der Waals surface area contributed by atoms with Gasteiger partial charge < -0.3 is 69.6 Å². The van der Waals surface area contributed by atoms with Crippen molar-refractivity contribution in [2.24, 2.45) is 0 Å². The lowest BCUT2D eigenvalue weighted by Crippen LogP contribution is -2.77. The van der Waals surface area contributed by atoms with Gasteiger partial charge in [0.2, 0.25) is 6.29 Å². The number of rotatable bonds is 9. The van der Waals surface area contributed by atoms with Crippen molar-refractivity contribution >= 4 is 7.82 Å². The van der Waals surface area contributed by atoms with E-state index in [0.717, 1.165) is 0 Å². The van der Waals surface area contributed by atoms with Crippen molar-refractivity contribution in [1.29, 1.82) is 0 Å². The Labute approximate surface area is 181 Å². The molecule has 0 saturated carbocycles. The molecule has 2 aliphatic heterocycles. The summed E-state index contributed by atoms with van der Waals surface area (Å²) >= 11 is 0. The summed E-state index contributed by atoms with van der Waals surface area (Å²) in [4.78, 5) is 18.5. The zero-order valence-corrected chi connectivity index (χ0v) is 17.7. The maximum absolute atomic E-state index is 11.5. The first-order valence-electron chi connectivity index (χ1n) is 9.50. The van der Waals surface area contributed by atoms with Crippen molar-refractivity contribution in [1.82, 2.24) is 0 Å². The van der Waals surface area contributed by atoms with Gasteiger partial charge in [-0.05, 0) is 6.42 Å². The van der Waals surface area contributed by atoms with Gasteiger partial charge in [0.25, 0.3) is 11.6 Å². The molecule has 32 heavy (non-hydrogen) atoms. The third-order valence-corrected chi connectivity index (χ3v) is 5.43. The van der Waals surface area contributed by atoms with Crippen LogP contribution in [0.2, 0.25) is 0 Å². The average Bonchev–Trinajstić information content (AvgIpc) is 2.70. The highest BCUT2D eigenvalue weighted by atomic mass is 31.2. The first kappa shape index (κ1) is 27.9. The minimum absolute atomic E-state index is 0.171. The van der Waals surface area contributed by atoms with E-state index < -0.39 is 81.8 Å². The van der Waals surface area contributed by atoms with Gasteiger partial charge >= 0.3 is 7.82 Å². The van der Waals surface area contributed by atoms with Crippen molar-refractivity contribution in [2.75, 3.05) is 19.8 Å². The third kappa shape index (κ3) is 5.47. The van der Waals surface area contributed by atoms with Crippen LogP contribution in [0.3, 0.4) is 0 Å². The van der Waals surface area contributed by atoms with Crippen LogP contribution in [0.25, 0.3) is 0 Å². The monoisotopic (exact) mass is 496 g/mol. The predicted molar refractivity (Wildman–Crippen MR) is 95.9 cm³/mol. The first-order chi connectivity index (χ1) is 14.7. The second-order valence-electron chi connectivity index (χ2n) is 7.32. The van der Waals surface area contributed by atoms with E-state index >= 15 is 0 Å². The van der Waals surface area contributed by atoms with Crippen LogP contribution >= 0.6 is 7.82 Å². The Morgan fingerprint density at radius 3 is 2.03 bits per heavy atom. The number of aliphatic hydroxyl groups excluding tert-OH is 5. The Balaban J connectivity index is 2.45. The lowest BCUT2D eigenvalue weighted by Gasteiger charge is -2.53. The van der Waals surface area contributed by atoms with Crippen LogP contribution in [0, 0.1) is 0 Å². The second-order valence-corrected chi connectivity index (χ2v) is 8.48. The maximum Gasteiger partial charge on any atom is 0.472 e. The molecular weight excluding hydrogens is 467 g/mol. The third-order valence-electron chi connectivity index (χ3n) is 4.92. The van der Waals surface area contributed by atoms with Crippen molar-refractivity contribution in [2.45, 2.75) is 74.1 Å². The van der Waals surface area contributed by atoms with Crippen molar-refractivity contribution < 1.29 is 78.7 Å². The summed E-state index contributed by atoms with van der Waals surface area (Å²) in [5, 5.41) is 80.8. The number of hydrogen-bond acceptors (Lipinski definition) is 14. The van der Waals surface area contributed by atoms with Crippen molar-refractivity contribution in [3.8, 4) is 0 Å². The molecule has 2 fully saturated rings. The molecule has 2 heterocycles. The van der Waals surface area contributed by atoms with Crippen LogP contribution in [-0.2, 0) is 28.0 Å². The zero-order chi connectivity index (χ0) is 24.5. The maximum atomic E-state index is 11.5. The van der Waals surface area contributed by atoms with E-state index in [9.17, 15) is 55.2 Å². The van der Waals surface area contributed by atoms with Gasteiger partial charge in [0.1, 0.15) is 36.6 Å². The largest absolute Gasteiger partial charge is 0.472 e. The van der Waals surface area contributed by atoms with E-state index in [1.54, 1.807) is 6.92 Å². The number of phosphoric acid groups is 1. The van der Waals surface area contributed by atoms with Crippen molar-refractivity contribution in [3.63, 3.8) is 0 Å². The molecule has 0 radical (unpaired) electrons. The molecule has 17 heteroatoms. The SMILES string of the molecule is CCCO[C@H]1O[C@H](CO)[C@H](O[C@@H]2O[C@H](CO)[C@H](O)[C@H](O)[C@H]2O)[C@@](O)(OP(=O)(O)O)C1(O)O. The van der Waals surface area contributed by atoms with E-state index in [1.807, 2.05) is 0 Å². The summed E-state index contributed by atoms with van der Waals surface area (Å²) in [6.07, 6.45) is -15.4. The topological polar surface area (TPSA) is 266 Å². The molecule has 0 amide bonds. The van der Waals surface area contributed by atoms with Gasteiger partial charge in [0.05, 0.1) is 13.2 Å². The first-order valence-corrected chi connectivity index (χ1v) is 11.0. The fourth-order valence-corrected chi connectivity index (χ4v) is 3.88. The molecule has 0 aliphatic carbocycles. The second kappa shape index (κ2) is 10.5. The van der Waals surface area contributed by atoms with Crippen molar-refractivity contribution in [3.05, 3.63) is 0 Å². The highest BCUT2D eigenvalue weighted by Crippen LogP contribution is 2.50. The van der Waals surface area contributed by atoms with Gasteiger partial charge in [0.15, 0.2) is 6.29 Å². The Kier molecular flexibility index (Phi) is 9.14. The summed E-state index contributed by atoms with van der Waals surface area (Å²) in [7, 11) is -5.69. The number of phosphoric ester groups is 1. The van der Waals surface area contributed by atoms with E-state index in [0.29, 0.717) is 6.42 Å². The molecule has 190 valence electrons. The summed E-state index contributed by atoms with van der Waals surface area (Å²) in [5.74, 6) is -7.47. The number of hydrogen-bond donors (Lipinski definition) is 10. The summed E-state index contributed by atoms with van der Waals surface area (Å²) in [6.45, 7) is -0.464. The number of aliphatic hydroxyl groups is 8. The minimum atomic E-state index is -5.69. The van der Waals surface area contributed by atoms with E-state index in [1.165, 1.54) is 0 Å². The molecule has 2 aliphatic rings. The normalized spacial score (nSPS) is 42.7. The Hall–Kier alpha value is -0.370. The van der Waals surface area contributed by atoms with E-state index in [4.69, 9.17) is 18.9 Å². The quantitative estimate of drug-likeness (QED) is 0.106. The van der Waals surface area contributed by atoms with E-state index in [2.05, 4.69) is 4.52 Å². The van der Waals surface area contributed by atoms with E-state index in [-0.39, 0.29) is 6.61 Å². The molecule has 9 atom stereocenters. The Bertz CT molecular complexity index is 655. The average molecular weight is 496 g/mol.